The average Bonchev–Trinajstić information content (AvgIpc) is 3.00. The van der Waals surface area contributed by atoms with Crippen LogP contribution in [0.3, 0.4) is 0 Å². The number of carbonyl (C=O) groups is 3. The number of rotatable bonds is 10. The highest BCUT2D eigenvalue weighted by Gasteiger charge is 2.46. The Morgan fingerprint density at radius 2 is 2.07 bits per heavy atom. The van der Waals surface area contributed by atoms with Gasteiger partial charge in [-0.1, -0.05) is 13.8 Å². The van der Waals surface area contributed by atoms with Crippen molar-refractivity contribution in [3.63, 3.8) is 0 Å². The van der Waals surface area contributed by atoms with E-state index in [2.05, 4.69) is 26.6 Å². The van der Waals surface area contributed by atoms with Crippen LogP contribution in [-0.4, -0.2) is 60.0 Å². The van der Waals surface area contributed by atoms with Crippen LogP contribution in [0.1, 0.15) is 37.0 Å². The van der Waals surface area contributed by atoms with E-state index in [0.717, 1.165) is 6.07 Å². The summed E-state index contributed by atoms with van der Waals surface area (Å²) >= 11 is 3.17. The van der Waals surface area contributed by atoms with Gasteiger partial charge < -0.3 is 24.8 Å². The van der Waals surface area contributed by atoms with Crippen molar-refractivity contribution >= 4 is 40.9 Å². The third-order valence-corrected chi connectivity index (χ3v) is 4.93. The van der Waals surface area contributed by atoms with E-state index in [1.807, 2.05) is 13.8 Å². The summed E-state index contributed by atoms with van der Waals surface area (Å²) < 4.78 is 24.3. The first-order valence-corrected chi connectivity index (χ1v) is 10.1. The molecule has 0 spiro atoms. The lowest BCUT2D eigenvalue weighted by molar-refractivity contribution is -0.145. The molecule has 1 fully saturated rings. The van der Waals surface area contributed by atoms with E-state index in [-0.39, 0.29) is 18.0 Å². The maximum atomic E-state index is 13.4. The smallest absolute Gasteiger partial charge is 0.507 e. The van der Waals surface area contributed by atoms with E-state index >= 15 is 0 Å². The summed E-state index contributed by atoms with van der Waals surface area (Å²) in [6.45, 7) is 3.61. The van der Waals surface area contributed by atoms with Gasteiger partial charge in [0.2, 0.25) is 0 Å². The predicted octanol–water partition coefficient (Wildman–Crippen LogP) is 1.08. The number of benzene rings is 1. The molecule has 0 aliphatic carbocycles. The SMILES string of the molecule is CC(C)C[C@H](NC(O)CNC(=O)c1cc(F)ccc1Br)B1OC(=O)[C@@H](CC(=O)O)O1. The van der Waals surface area contributed by atoms with Gasteiger partial charge in [0.15, 0.2) is 6.10 Å². The molecule has 3 atom stereocenters. The Kier molecular flexibility index (Phi) is 8.77. The molecular weight excluding hydrogens is 466 g/mol. The third-order valence-electron chi connectivity index (χ3n) is 4.24. The molecule has 1 amide bonds. The van der Waals surface area contributed by atoms with Crippen LogP contribution in [0.2, 0.25) is 0 Å². The van der Waals surface area contributed by atoms with Gasteiger partial charge >= 0.3 is 19.1 Å². The molecule has 1 aromatic carbocycles. The average molecular weight is 489 g/mol. The number of nitrogens with one attached hydrogen (secondary N) is 2. The first kappa shape index (κ1) is 24.3. The van der Waals surface area contributed by atoms with Crippen LogP contribution in [0.15, 0.2) is 22.7 Å². The fourth-order valence-electron chi connectivity index (χ4n) is 2.93. The Labute approximate surface area is 181 Å². The third kappa shape index (κ3) is 7.04. The lowest BCUT2D eigenvalue weighted by Crippen LogP contribution is -2.53. The van der Waals surface area contributed by atoms with E-state index in [4.69, 9.17) is 14.4 Å². The number of aliphatic carboxylic acids is 1. The monoisotopic (exact) mass is 488 g/mol. The highest BCUT2D eigenvalue weighted by Crippen LogP contribution is 2.20. The van der Waals surface area contributed by atoms with Crippen molar-refractivity contribution < 1.29 is 38.3 Å². The van der Waals surface area contributed by atoms with Crippen molar-refractivity contribution in [1.82, 2.24) is 10.6 Å². The van der Waals surface area contributed by atoms with Crippen LogP contribution in [0.5, 0.6) is 0 Å². The molecule has 1 saturated heterocycles. The first-order chi connectivity index (χ1) is 14.1. The van der Waals surface area contributed by atoms with Crippen molar-refractivity contribution in [2.24, 2.45) is 5.92 Å². The number of carboxylic acids is 1. The topological polar surface area (TPSA) is 134 Å². The van der Waals surface area contributed by atoms with Crippen LogP contribution in [0, 0.1) is 11.7 Å². The van der Waals surface area contributed by atoms with Crippen LogP contribution >= 0.6 is 15.9 Å². The minimum atomic E-state index is -1.23. The molecule has 1 unspecified atom stereocenters. The largest absolute Gasteiger partial charge is 0.546 e. The zero-order valence-electron chi connectivity index (χ0n) is 16.4. The van der Waals surface area contributed by atoms with Crippen molar-refractivity contribution in [3.05, 3.63) is 34.1 Å². The number of hydrogen-bond acceptors (Lipinski definition) is 7. The summed E-state index contributed by atoms with van der Waals surface area (Å²) in [6, 6.07) is 3.67. The quantitative estimate of drug-likeness (QED) is 0.284. The number of carbonyl (C=O) groups excluding carboxylic acids is 2. The van der Waals surface area contributed by atoms with E-state index in [1.165, 1.54) is 12.1 Å². The van der Waals surface area contributed by atoms with Crippen LogP contribution < -0.4 is 10.6 Å². The number of halogens is 2. The van der Waals surface area contributed by atoms with Gasteiger partial charge in [0.25, 0.3) is 5.91 Å². The first-order valence-electron chi connectivity index (χ1n) is 9.32. The summed E-state index contributed by atoms with van der Waals surface area (Å²) in [5.74, 6) is -3.65. The molecule has 4 N–H and O–H groups in total. The number of carboxylic acid groups (broad SMARTS) is 1. The van der Waals surface area contributed by atoms with Gasteiger partial charge in [-0.3, -0.25) is 19.7 Å². The van der Waals surface area contributed by atoms with E-state index < -0.39 is 55.5 Å². The molecule has 30 heavy (non-hydrogen) atoms. The van der Waals surface area contributed by atoms with Gasteiger partial charge in [0, 0.05) is 4.47 Å². The molecule has 164 valence electrons. The van der Waals surface area contributed by atoms with Gasteiger partial charge in [-0.05, 0) is 46.5 Å². The molecule has 2 rings (SSSR count). The molecular formula is C18H23BBrFN2O7. The molecule has 1 aliphatic heterocycles. The van der Waals surface area contributed by atoms with Gasteiger partial charge in [0.1, 0.15) is 12.0 Å². The van der Waals surface area contributed by atoms with Crippen molar-refractivity contribution in [3.8, 4) is 0 Å². The summed E-state index contributed by atoms with van der Waals surface area (Å²) in [6.07, 6.45) is -2.53. The Hall–Kier alpha value is -2.02. The molecule has 1 aliphatic rings. The summed E-state index contributed by atoms with van der Waals surface area (Å²) in [7, 11) is -1.08. The summed E-state index contributed by atoms with van der Waals surface area (Å²) in [4.78, 5) is 34.9. The molecule has 12 heteroatoms. The lowest BCUT2D eigenvalue weighted by atomic mass is 9.74. The standard InChI is InChI=1S/C18H23BBrFN2O7/c1-9(2)5-14(19-29-13(7-16(25)26)18(28)30-19)23-15(24)8-22-17(27)11-6-10(21)3-4-12(11)20/h3-4,6,9,13-15,23-24H,5,7-8H2,1-2H3,(H,22,27)(H,25,26)/t13-,14+,15?/m1/s1. The second kappa shape index (κ2) is 10.8. The highest BCUT2D eigenvalue weighted by atomic mass is 79.9. The highest BCUT2D eigenvalue weighted by molar-refractivity contribution is 9.10. The number of hydrogen-bond donors (Lipinski definition) is 4. The van der Waals surface area contributed by atoms with E-state index in [1.54, 1.807) is 0 Å². The van der Waals surface area contributed by atoms with Gasteiger partial charge in [-0.25, -0.2) is 4.39 Å². The fraction of sp³-hybridized carbons (Fsp3) is 0.500. The zero-order valence-corrected chi connectivity index (χ0v) is 18.0. The van der Waals surface area contributed by atoms with Gasteiger partial charge in [0.05, 0.1) is 24.5 Å². The summed E-state index contributed by atoms with van der Waals surface area (Å²) in [5.41, 5.74) is 0.0745. The molecule has 0 radical (unpaired) electrons. The zero-order chi connectivity index (χ0) is 22.4. The maximum Gasteiger partial charge on any atom is 0.546 e. The Morgan fingerprint density at radius 1 is 1.37 bits per heavy atom. The van der Waals surface area contributed by atoms with Gasteiger partial charge in [-0.2, -0.15) is 0 Å². The molecule has 0 aromatic heterocycles. The molecule has 0 saturated carbocycles. The number of aliphatic hydroxyl groups is 1. The normalized spacial score (nSPS) is 18.3. The van der Waals surface area contributed by atoms with Gasteiger partial charge in [-0.15, -0.1) is 0 Å². The number of aliphatic hydroxyl groups excluding tert-OH is 1. The number of amides is 1. The molecule has 1 heterocycles. The lowest BCUT2D eigenvalue weighted by Gasteiger charge is -2.25. The minimum Gasteiger partial charge on any atom is -0.507 e. The fourth-order valence-corrected chi connectivity index (χ4v) is 3.36. The second-order valence-corrected chi connectivity index (χ2v) is 8.13. The maximum absolute atomic E-state index is 13.4. The van der Waals surface area contributed by atoms with Crippen LogP contribution in [-0.2, 0) is 18.9 Å². The van der Waals surface area contributed by atoms with E-state index in [9.17, 15) is 23.9 Å². The van der Waals surface area contributed by atoms with Crippen molar-refractivity contribution in [2.45, 2.75) is 45.0 Å². The Bertz CT molecular complexity index is 798. The summed E-state index contributed by atoms with van der Waals surface area (Å²) in [5, 5.41) is 24.4. The Morgan fingerprint density at radius 3 is 2.70 bits per heavy atom. The molecule has 1 aromatic rings. The molecule has 9 nitrogen and oxygen atoms in total. The Balaban J connectivity index is 1.96. The van der Waals surface area contributed by atoms with Crippen LogP contribution in [0.4, 0.5) is 4.39 Å². The molecule has 0 bridgehead atoms. The van der Waals surface area contributed by atoms with E-state index in [0.29, 0.717) is 10.9 Å². The predicted molar refractivity (Wildman–Crippen MR) is 108 cm³/mol. The van der Waals surface area contributed by atoms with Crippen LogP contribution in [0.25, 0.3) is 0 Å². The van der Waals surface area contributed by atoms with Crippen molar-refractivity contribution in [1.29, 1.82) is 0 Å². The minimum absolute atomic E-state index is 0.0745. The van der Waals surface area contributed by atoms with Crippen molar-refractivity contribution in [2.75, 3.05) is 6.54 Å². The second-order valence-electron chi connectivity index (χ2n) is 7.28.